The molecule has 0 aliphatic carbocycles. The SMILES string of the molecule is CC(C)c1noc(COC(=O)C2COc3ccccc3O2)n1. The maximum Gasteiger partial charge on any atom is 0.351 e. The molecule has 0 N–H and O–H groups in total. The smallest absolute Gasteiger partial charge is 0.351 e. The van der Waals surface area contributed by atoms with Gasteiger partial charge in [-0.25, -0.2) is 4.79 Å². The first-order valence-corrected chi connectivity index (χ1v) is 7.01. The van der Waals surface area contributed by atoms with Crippen LogP contribution in [0.1, 0.15) is 31.5 Å². The Morgan fingerprint density at radius 2 is 2.14 bits per heavy atom. The Morgan fingerprint density at radius 3 is 2.86 bits per heavy atom. The van der Waals surface area contributed by atoms with Gasteiger partial charge in [0.05, 0.1) is 0 Å². The van der Waals surface area contributed by atoms with Gasteiger partial charge in [-0.1, -0.05) is 31.1 Å². The summed E-state index contributed by atoms with van der Waals surface area (Å²) in [4.78, 5) is 16.1. The van der Waals surface area contributed by atoms with Crippen LogP contribution >= 0.6 is 0 Å². The van der Waals surface area contributed by atoms with Gasteiger partial charge in [0, 0.05) is 5.92 Å². The van der Waals surface area contributed by atoms with Gasteiger partial charge in [0.2, 0.25) is 6.10 Å². The van der Waals surface area contributed by atoms with Crippen LogP contribution in [0.15, 0.2) is 28.8 Å². The molecule has 0 spiro atoms. The molecular formula is C15H16N2O5. The van der Waals surface area contributed by atoms with Crippen LogP contribution in [0.25, 0.3) is 0 Å². The number of carbonyl (C=O) groups excluding carboxylic acids is 1. The highest BCUT2D eigenvalue weighted by atomic mass is 16.6. The Hall–Kier alpha value is -2.57. The molecule has 7 heteroatoms. The van der Waals surface area contributed by atoms with Gasteiger partial charge < -0.3 is 18.7 Å². The van der Waals surface area contributed by atoms with E-state index in [0.717, 1.165) is 0 Å². The van der Waals surface area contributed by atoms with E-state index in [1.54, 1.807) is 12.1 Å². The van der Waals surface area contributed by atoms with Gasteiger partial charge in [-0.15, -0.1) is 0 Å². The minimum atomic E-state index is -0.803. The third-order valence-corrected chi connectivity index (χ3v) is 3.11. The molecule has 0 fully saturated rings. The summed E-state index contributed by atoms with van der Waals surface area (Å²) in [6.07, 6.45) is -0.803. The summed E-state index contributed by atoms with van der Waals surface area (Å²) in [5, 5.41) is 3.80. The lowest BCUT2D eigenvalue weighted by molar-refractivity contribution is -0.156. The fourth-order valence-corrected chi connectivity index (χ4v) is 1.92. The summed E-state index contributed by atoms with van der Waals surface area (Å²) in [6.45, 7) is 3.92. The van der Waals surface area contributed by atoms with Crippen LogP contribution in [0.2, 0.25) is 0 Å². The molecule has 1 unspecified atom stereocenters. The molecule has 2 heterocycles. The van der Waals surface area contributed by atoms with Gasteiger partial charge in [0.15, 0.2) is 23.9 Å². The summed E-state index contributed by atoms with van der Waals surface area (Å²) < 4.78 is 21.2. The fourth-order valence-electron chi connectivity index (χ4n) is 1.92. The van der Waals surface area contributed by atoms with Gasteiger partial charge in [-0.05, 0) is 12.1 Å². The molecule has 1 atom stereocenters. The largest absolute Gasteiger partial charge is 0.485 e. The van der Waals surface area contributed by atoms with E-state index in [-0.39, 0.29) is 25.0 Å². The second-order valence-electron chi connectivity index (χ2n) is 5.17. The molecule has 1 aromatic heterocycles. The highest BCUT2D eigenvalue weighted by molar-refractivity contribution is 5.75. The molecule has 1 aliphatic heterocycles. The fraction of sp³-hybridized carbons (Fsp3) is 0.400. The summed E-state index contributed by atoms with van der Waals surface area (Å²) in [5.41, 5.74) is 0. The van der Waals surface area contributed by atoms with Crippen LogP contribution in [0, 0.1) is 0 Å². The van der Waals surface area contributed by atoms with Crippen LogP contribution in [0.5, 0.6) is 11.5 Å². The van der Waals surface area contributed by atoms with Crippen molar-refractivity contribution in [3.63, 3.8) is 0 Å². The number of hydrogen-bond acceptors (Lipinski definition) is 7. The summed E-state index contributed by atoms with van der Waals surface area (Å²) in [6, 6.07) is 7.16. The monoisotopic (exact) mass is 304 g/mol. The molecule has 0 radical (unpaired) electrons. The van der Waals surface area contributed by atoms with Crippen LogP contribution < -0.4 is 9.47 Å². The number of rotatable bonds is 4. The van der Waals surface area contributed by atoms with E-state index in [4.69, 9.17) is 18.7 Å². The Labute approximate surface area is 127 Å². The molecule has 3 rings (SSSR count). The van der Waals surface area contributed by atoms with Gasteiger partial charge in [-0.3, -0.25) is 0 Å². The zero-order valence-electron chi connectivity index (χ0n) is 12.3. The number of para-hydroxylation sites is 2. The number of benzene rings is 1. The predicted molar refractivity (Wildman–Crippen MR) is 74.5 cm³/mol. The number of aromatic nitrogens is 2. The van der Waals surface area contributed by atoms with E-state index in [1.165, 1.54) is 0 Å². The van der Waals surface area contributed by atoms with Crippen molar-refractivity contribution in [2.45, 2.75) is 32.5 Å². The molecule has 1 aromatic carbocycles. The van der Waals surface area contributed by atoms with E-state index in [2.05, 4.69) is 10.1 Å². The van der Waals surface area contributed by atoms with Gasteiger partial charge >= 0.3 is 5.97 Å². The normalized spacial score (nSPS) is 16.6. The average Bonchev–Trinajstić information content (AvgIpc) is 3.01. The number of ether oxygens (including phenoxy) is 3. The minimum absolute atomic E-state index is 0.0833. The number of hydrogen-bond donors (Lipinski definition) is 0. The Bertz CT molecular complexity index is 667. The van der Waals surface area contributed by atoms with E-state index >= 15 is 0 Å². The van der Waals surface area contributed by atoms with E-state index < -0.39 is 12.1 Å². The quantitative estimate of drug-likeness (QED) is 0.799. The van der Waals surface area contributed by atoms with Crippen molar-refractivity contribution in [2.75, 3.05) is 6.61 Å². The molecule has 116 valence electrons. The van der Waals surface area contributed by atoms with Crippen molar-refractivity contribution in [1.82, 2.24) is 10.1 Å². The van der Waals surface area contributed by atoms with Crippen LogP contribution in [-0.2, 0) is 16.1 Å². The van der Waals surface area contributed by atoms with E-state index in [0.29, 0.717) is 17.3 Å². The number of fused-ring (bicyclic) bond motifs is 1. The van der Waals surface area contributed by atoms with Crippen molar-refractivity contribution in [3.8, 4) is 11.5 Å². The molecule has 0 bridgehead atoms. The molecule has 0 amide bonds. The predicted octanol–water partition coefficient (Wildman–Crippen LogP) is 2.08. The molecular weight excluding hydrogens is 288 g/mol. The average molecular weight is 304 g/mol. The molecule has 0 saturated heterocycles. The summed E-state index contributed by atoms with van der Waals surface area (Å²) in [5.74, 6) is 1.60. The zero-order chi connectivity index (χ0) is 15.5. The number of nitrogens with zero attached hydrogens (tertiary/aromatic N) is 2. The van der Waals surface area contributed by atoms with Crippen molar-refractivity contribution in [1.29, 1.82) is 0 Å². The minimum Gasteiger partial charge on any atom is -0.485 e. The second-order valence-corrected chi connectivity index (χ2v) is 5.17. The molecule has 22 heavy (non-hydrogen) atoms. The third-order valence-electron chi connectivity index (χ3n) is 3.11. The first-order valence-electron chi connectivity index (χ1n) is 7.01. The van der Waals surface area contributed by atoms with E-state index in [9.17, 15) is 4.79 Å². The van der Waals surface area contributed by atoms with Gasteiger partial charge in [0.25, 0.3) is 5.89 Å². The second kappa shape index (κ2) is 6.05. The lowest BCUT2D eigenvalue weighted by Gasteiger charge is -2.24. The topological polar surface area (TPSA) is 83.7 Å². The van der Waals surface area contributed by atoms with Gasteiger partial charge in [-0.2, -0.15) is 4.98 Å². The first kappa shape index (κ1) is 14.4. The third kappa shape index (κ3) is 3.03. The Kier molecular flexibility index (Phi) is 3.95. The molecule has 2 aromatic rings. The maximum atomic E-state index is 12.0. The lowest BCUT2D eigenvalue weighted by Crippen LogP contribution is -2.37. The highest BCUT2D eigenvalue weighted by Crippen LogP contribution is 2.31. The standard InChI is InChI=1S/C15H16N2O5/c1-9(2)14-16-13(22-17-14)8-20-15(18)12-7-19-10-5-3-4-6-11(10)21-12/h3-6,9,12H,7-8H2,1-2H3. The van der Waals surface area contributed by atoms with Crippen molar-refractivity contribution < 1.29 is 23.5 Å². The van der Waals surface area contributed by atoms with Gasteiger partial charge in [0.1, 0.15) is 6.61 Å². The molecule has 7 nitrogen and oxygen atoms in total. The van der Waals surface area contributed by atoms with Crippen LogP contribution in [0.4, 0.5) is 0 Å². The first-order chi connectivity index (χ1) is 10.6. The summed E-state index contributed by atoms with van der Waals surface area (Å²) in [7, 11) is 0. The lowest BCUT2D eigenvalue weighted by atomic mass is 10.2. The number of carbonyl (C=O) groups is 1. The van der Waals surface area contributed by atoms with Crippen LogP contribution in [0.3, 0.4) is 0 Å². The number of esters is 1. The zero-order valence-corrected chi connectivity index (χ0v) is 12.3. The van der Waals surface area contributed by atoms with Crippen molar-refractivity contribution in [2.24, 2.45) is 0 Å². The van der Waals surface area contributed by atoms with E-state index in [1.807, 2.05) is 26.0 Å². The molecule has 1 aliphatic rings. The highest BCUT2D eigenvalue weighted by Gasteiger charge is 2.29. The maximum absolute atomic E-state index is 12.0. The van der Waals surface area contributed by atoms with Crippen molar-refractivity contribution in [3.05, 3.63) is 36.0 Å². The van der Waals surface area contributed by atoms with Crippen LogP contribution in [-0.4, -0.2) is 28.8 Å². The summed E-state index contributed by atoms with van der Waals surface area (Å²) >= 11 is 0. The van der Waals surface area contributed by atoms with Crippen molar-refractivity contribution >= 4 is 5.97 Å². The Morgan fingerprint density at radius 1 is 1.36 bits per heavy atom. The Balaban J connectivity index is 1.56. The molecule has 0 saturated carbocycles.